The van der Waals surface area contributed by atoms with E-state index >= 15 is 0 Å². The molecule has 1 aliphatic heterocycles. The quantitative estimate of drug-likeness (QED) is 0.477. The van der Waals surface area contributed by atoms with E-state index in [1.54, 1.807) is 0 Å². The van der Waals surface area contributed by atoms with Crippen molar-refractivity contribution in [3.05, 3.63) is 6.92 Å². The van der Waals surface area contributed by atoms with E-state index in [1.807, 2.05) is 0 Å². The molecule has 1 rings (SSSR count). The summed E-state index contributed by atoms with van der Waals surface area (Å²) in [6, 6.07) is -0.243. The highest BCUT2D eigenvalue weighted by atomic mass is 16.5. The van der Waals surface area contributed by atoms with Crippen molar-refractivity contribution in [1.29, 1.82) is 0 Å². The molecular formula is C9H15BO. The lowest BCUT2D eigenvalue weighted by Crippen LogP contribution is -2.38. The van der Waals surface area contributed by atoms with Crippen LogP contribution < -0.4 is 0 Å². The lowest BCUT2D eigenvalue weighted by molar-refractivity contribution is 0.0835. The van der Waals surface area contributed by atoms with E-state index in [4.69, 9.17) is 19.5 Å². The van der Waals surface area contributed by atoms with E-state index in [1.165, 1.54) is 0 Å². The molecule has 60 valence electrons. The van der Waals surface area contributed by atoms with Crippen LogP contribution in [0, 0.1) is 17.8 Å². The van der Waals surface area contributed by atoms with Crippen LogP contribution in [0.1, 0.15) is 27.7 Å². The monoisotopic (exact) mass is 150 g/mol. The molecule has 1 nitrogen and oxygen atoms in total. The van der Waals surface area contributed by atoms with Crippen LogP contribution in [0.15, 0.2) is 0 Å². The molecule has 2 heteroatoms. The third-order valence-corrected chi connectivity index (χ3v) is 3.38. The molecule has 1 aliphatic rings. The minimum atomic E-state index is -0.243. The van der Waals surface area contributed by atoms with Crippen LogP contribution in [-0.4, -0.2) is 20.0 Å². The molecule has 0 bridgehead atoms. The molecule has 0 aromatic carbocycles. The van der Waals surface area contributed by atoms with Gasteiger partial charge < -0.3 is 4.74 Å². The minimum absolute atomic E-state index is 0.0492. The Bertz CT molecular complexity index is 145. The molecule has 0 aromatic heterocycles. The van der Waals surface area contributed by atoms with Gasteiger partial charge >= 0.3 is 0 Å². The van der Waals surface area contributed by atoms with Gasteiger partial charge in [0.2, 0.25) is 0 Å². The van der Waals surface area contributed by atoms with Crippen LogP contribution in [0.2, 0.25) is 0 Å². The summed E-state index contributed by atoms with van der Waals surface area (Å²) < 4.78 is 5.35. The van der Waals surface area contributed by atoms with Crippen molar-refractivity contribution >= 4 is 7.85 Å². The summed E-state index contributed by atoms with van der Waals surface area (Å²) in [5, 5.41) is 0. The number of ether oxygens (including phenoxy) is 1. The van der Waals surface area contributed by atoms with E-state index in [0.29, 0.717) is 0 Å². The Balaban J connectivity index is 2.95. The van der Waals surface area contributed by atoms with Crippen molar-refractivity contribution in [3.63, 3.8) is 0 Å². The lowest BCUT2D eigenvalue weighted by Gasteiger charge is -2.37. The molecule has 0 amide bonds. The maximum atomic E-state index is 5.78. The second-order valence-electron chi connectivity index (χ2n) is 4.42. The SMILES string of the molecule is [B][C@H]1O[C@@H]([CH])C(C)(C)C1(C)C. The Morgan fingerprint density at radius 2 is 1.64 bits per heavy atom. The molecule has 1 saturated heterocycles. The van der Waals surface area contributed by atoms with Crippen LogP contribution in [0.4, 0.5) is 0 Å². The average Bonchev–Trinajstić information content (AvgIpc) is 1.95. The fourth-order valence-corrected chi connectivity index (χ4v) is 1.23. The Labute approximate surface area is 70.9 Å². The second kappa shape index (κ2) is 2.26. The van der Waals surface area contributed by atoms with Crippen molar-refractivity contribution in [3.8, 4) is 0 Å². The number of hydrogen-bond acceptors (Lipinski definition) is 1. The maximum Gasteiger partial charge on any atom is 0.109 e. The third-order valence-electron chi connectivity index (χ3n) is 3.38. The predicted molar refractivity (Wildman–Crippen MR) is 46.3 cm³/mol. The molecule has 0 aliphatic carbocycles. The van der Waals surface area contributed by atoms with E-state index in [2.05, 4.69) is 27.7 Å². The normalized spacial score (nSPS) is 40.8. The Morgan fingerprint density at radius 3 is 1.73 bits per heavy atom. The summed E-state index contributed by atoms with van der Waals surface area (Å²) in [6.07, 6.45) is -0.243. The maximum absolute atomic E-state index is 5.78. The van der Waals surface area contributed by atoms with E-state index in [9.17, 15) is 0 Å². The molecule has 2 atom stereocenters. The van der Waals surface area contributed by atoms with Crippen LogP contribution >= 0.6 is 0 Å². The Kier molecular flexibility index (Phi) is 1.87. The number of rotatable bonds is 0. The van der Waals surface area contributed by atoms with Crippen molar-refractivity contribution in [2.75, 3.05) is 0 Å². The van der Waals surface area contributed by atoms with Gasteiger partial charge in [0.1, 0.15) is 7.85 Å². The molecule has 0 unspecified atom stereocenters. The van der Waals surface area contributed by atoms with Gasteiger partial charge in [-0.05, 0) is 17.8 Å². The predicted octanol–water partition coefficient (Wildman–Crippen LogP) is 1.64. The first-order chi connectivity index (χ1) is 4.80. The zero-order valence-electron chi connectivity index (χ0n) is 7.72. The smallest absolute Gasteiger partial charge is 0.109 e. The fourth-order valence-electron chi connectivity index (χ4n) is 1.23. The first-order valence-electron chi connectivity index (χ1n) is 3.97. The second-order valence-corrected chi connectivity index (χ2v) is 4.42. The van der Waals surface area contributed by atoms with E-state index in [-0.39, 0.29) is 22.9 Å². The summed E-state index contributed by atoms with van der Waals surface area (Å²) >= 11 is 0. The summed E-state index contributed by atoms with van der Waals surface area (Å²) in [7, 11) is 5.78. The molecule has 0 N–H and O–H groups in total. The van der Waals surface area contributed by atoms with Gasteiger partial charge in [-0.15, -0.1) is 0 Å². The van der Waals surface area contributed by atoms with Gasteiger partial charge in [-0.25, -0.2) is 0 Å². The van der Waals surface area contributed by atoms with Gasteiger partial charge in [0.15, 0.2) is 0 Å². The molecule has 1 heterocycles. The third kappa shape index (κ3) is 1.03. The van der Waals surface area contributed by atoms with E-state index in [0.717, 1.165) is 0 Å². The minimum Gasteiger partial charge on any atom is -0.383 e. The molecule has 11 heavy (non-hydrogen) atoms. The molecule has 0 spiro atoms. The van der Waals surface area contributed by atoms with Crippen LogP contribution in [0.3, 0.4) is 0 Å². The largest absolute Gasteiger partial charge is 0.383 e. The number of hydrogen-bond donors (Lipinski definition) is 0. The molecule has 0 aromatic rings. The van der Waals surface area contributed by atoms with Gasteiger partial charge in [-0.2, -0.15) is 0 Å². The van der Waals surface area contributed by atoms with E-state index < -0.39 is 0 Å². The highest BCUT2D eigenvalue weighted by molar-refractivity contribution is 6.11. The van der Waals surface area contributed by atoms with Gasteiger partial charge in [0.05, 0.1) is 6.10 Å². The molecule has 4 radical (unpaired) electrons. The topological polar surface area (TPSA) is 9.23 Å². The summed E-state index contributed by atoms with van der Waals surface area (Å²) in [5.74, 6) is 0. The summed E-state index contributed by atoms with van der Waals surface area (Å²) in [6.45, 7) is 14.1. The first kappa shape index (κ1) is 9.12. The van der Waals surface area contributed by atoms with Gasteiger partial charge in [-0.3, -0.25) is 0 Å². The van der Waals surface area contributed by atoms with Crippen LogP contribution in [0.5, 0.6) is 0 Å². The van der Waals surface area contributed by atoms with Crippen LogP contribution in [0.25, 0.3) is 0 Å². The molecule has 1 fully saturated rings. The van der Waals surface area contributed by atoms with Crippen molar-refractivity contribution in [2.45, 2.75) is 39.8 Å². The molecule has 0 saturated carbocycles. The first-order valence-corrected chi connectivity index (χ1v) is 3.97. The van der Waals surface area contributed by atoms with Crippen LogP contribution in [-0.2, 0) is 4.74 Å². The van der Waals surface area contributed by atoms with Gasteiger partial charge in [-0.1, -0.05) is 27.7 Å². The highest BCUT2D eigenvalue weighted by Gasteiger charge is 2.51. The summed E-state index contributed by atoms with van der Waals surface area (Å²) in [5.41, 5.74) is -0.0984. The zero-order valence-corrected chi connectivity index (χ0v) is 7.72. The standard InChI is InChI=1S/C9H15BO/c1-6-8(2,3)9(4,5)7(10)11-6/h1,6-7H,2-5H3/t6-,7-/m0/s1. The zero-order chi connectivity index (χ0) is 8.86. The molecular weight excluding hydrogens is 135 g/mol. The average molecular weight is 150 g/mol. The fraction of sp³-hybridized carbons (Fsp3) is 0.889. The lowest BCUT2D eigenvalue weighted by atomic mass is 9.61. The Morgan fingerprint density at radius 1 is 1.18 bits per heavy atom. The summed E-state index contributed by atoms with van der Waals surface area (Å²) in [4.78, 5) is 0. The van der Waals surface area contributed by atoms with Gasteiger partial charge in [0.25, 0.3) is 0 Å². The van der Waals surface area contributed by atoms with Gasteiger partial charge in [0, 0.05) is 6.00 Å². The van der Waals surface area contributed by atoms with Crippen molar-refractivity contribution in [2.24, 2.45) is 10.8 Å². The van der Waals surface area contributed by atoms with Crippen molar-refractivity contribution in [1.82, 2.24) is 0 Å². The Hall–Kier alpha value is 0.0249. The van der Waals surface area contributed by atoms with Crippen molar-refractivity contribution < 1.29 is 4.74 Å². The highest BCUT2D eigenvalue weighted by Crippen LogP contribution is 2.50.